The molecule has 1 rings (SSSR count). The Bertz CT molecular complexity index is 557. The van der Waals surface area contributed by atoms with Crippen LogP contribution in [-0.2, 0) is 14.3 Å². The molecule has 5 nitrogen and oxygen atoms in total. The van der Waals surface area contributed by atoms with Gasteiger partial charge >= 0.3 is 5.97 Å². The lowest BCUT2D eigenvalue weighted by atomic mass is 9.95. The maximum absolute atomic E-state index is 15.0. The Morgan fingerprint density at radius 1 is 1.15 bits per heavy atom. The van der Waals surface area contributed by atoms with Crippen LogP contribution >= 0.6 is 0 Å². The molecule has 0 amide bonds. The molecule has 0 aliphatic carbocycles. The summed E-state index contributed by atoms with van der Waals surface area (Å²) >= 11 is 0. The predicted octanol–water partition coefficient (Wildman–Crippen LogP) is 3.82. The van der Waals surface area contributed by atoms with E-state index < -0.39 is 0 Å². The number of carbonyl (C=O) groups is 1. The van der Waals surface area contributed by atoms with Crippen LogP contribution in [0.1, 0.15) is 45.6 Å². The van der Waals surface area contributed by atoms with Crippen molar-refractivity contribution in [1.82, 2.24) is 0 Å². The van der Waals surface area contributed by atoms with Gasteiger partial charge in [-0.25, -0.2) is 4.39 Å². The number of hydrogen-bond donors (Lipinski definition) is 1. The number of anilines is 2. The number of nitrogen functional groups attached to an aromatic ring is 1. The molecular formula is C20H33FN2O3. The number of benzene rings is 1. The minimum Gasteiger partial charge on any atom is -0.469 e. The van der Waals surface area contributed by atoms with E-state index in [1.165, 1.54) is 13.2 Å². The monoisotopic (exact) mass is 368 g/mol. The molecule has 0 radical (unpaired) electrons. The molecule has 2 N–H and O–H groups in total. The number of methoxy groups -OCH3 is 2. The minimum absolute atomic E-state index is 0.115. The van der Waals surface area contributed by atoms with Crippen LogP contribution in [0, 0.1) is 17.7 Å². The molecule has 0 heterocycles. The van der Waals surface area contributed by atoms with Gasteiger partial charge in [-0.15, -0.1) is 0 Å². The molecule has 6 heteroatoms. The van der Waals surface area contributed by atoms with Crippen molar-refractivity contribution < 1.29 is 18.7 Å². The Hall–Kier alpha value is -1.82. The molecule has 1 aromatic rings. The number of carbonyl (C=O) groups excluding carboxylic acids is 1. The summed E-state index contributed by atoms with van der Waals surface area (Å²) in [6.45, 7) is 10.1. The van der Waals surface area contributed by atoms with E-state index in [1.54, 1.807) is 13.2 Å². The highest BCUT2D eigenvalue weighted by molar-refractivity contribution is 5.72. The standard InChI is InChI=1S/C20H33FN2O3/c1-13(2)10-23(11-14(3)4)20-17(21)7-15(8-18(20)22)16(12-25-5)9-19(24)26-6/h7-8,13-14,16H,9-12,22H2,1-6H3. The molecule has 0 aromatic heterocycles. The molecule has 0 spiro atoms. The third-order valence-electron chi connectivity index (χ3n) is 4.08. The Kier molecular flexibility index (Phi) is 8.85. The fraction of sp³-hybridized carbons (Fsp3) is 0.650. The highest BCUT2D eigenvalue weighted by Crippen LogP contribution is 2.33. The molecule has 0 aliphatic rings. The van der Waals surface area contributed by atoms with Crippen LogP contribution in [0.25, 0.3) is 0 Å². The summed E-state index contributed by atoms with van der Waals surface area (Å²) in [5.41, 5.74) is 7.69. The van der Waals surface area contributed by atoms with E-state index in [1.807, 2.05) is 4.90 Å². The predicted molar refractivity (Wildman–Crippen MR) is 104 cm³/mol. The fourth-order valence-electron chi connectivity index (χ4n) is 3.11. The van der Waals surface area contributed by atoms with Gasteiger partial charge in [0.25, 0.3) is 0 Å². The molecule has 0 saturated heterocycles. The van der Waals surface area contributed by atoms with Crippen molar-refractivity contribution in [3.63, 3.8) is 0 Å². The van der Waals surface area contributed by atoms with E-state index in [0.717, 1.165) is 13.1 Å². The van der Waals surface area contributed by atoms with Gasteiger partial charge in [-0.1, -0.05) is 27.7 Å². The number of ether oxygens (including phenoxy) is 2. The zero-order chi connectivity index (χ0) is 19.9. The summed E-state index contributed by atoms with van der Waals surface area (Å²) in [6, 6.07) is 3.21. The van der Waals surface area contributed by atoms with Gasteiger partial charge in [0.15, 0.2) is 0 Å². The Morgan fingerprint density at radius 2 is 1.73 bits per heavy atom. The zero-order valence-electron chi connectivity index (χ0n) is 16.8. The molecule has 1 atom stereocenters. The second kappa shape index (κ2) is 10.4. The summed E-state index contributed by atoms with van der Waals surface area (Å²) in [5.74, 6) is -0.272. The van der Waals surface area contributed by atoms with Crippen LogP contribution in [0.4, 0.5) is 15.8 Å². The lowest BCUT2D eigenvalue weighted by molar-refractivity contribution is -0.141. The van der Waals surface area contributed by atoms with Gasteiger partial charge < -0.3 is 20.1 Å². The number of esters is 1. The molecule has 148 valence electrons. The van der Waals surface area contributed by atoms with E-state index in [4.69, 9.17) is 15.2 Å². The summed E-state index contributed by atoms with van der Waals surface area (Å²) in [6.07, 6.45) is 0.115. The first kappa shape index (κ1) is 22.2. The van der Waals surface area contributed by atoms with E-state index in [2.05, 4.69) is 27.7 Å². The first-order valence-electron chi connectivity index (χ1n) is 9.09. The van der Waals surface area contributed by atoms with Gasteiger partial charge in [0.2, 0.25) is 0 Å². The maximum atomic E-state index is 15.0. The minimum atomic E-state index is -0.368. The van der Waals surface area contributed by atoms with Gasteiger partial charge in [-0.05, 0) is 29.5 Å². The van der Waals surface area contributed by atoms with Crippen molar-refractivity contribution in [2.24, 2.45) is 11.8 Å². The van der Waals surface area contributed by atoms with Gasteiger partial charge in [-0.3, -0.25) is 4.79 Å². The van der Waals surface area contributed by atoms with Crippen LogP contribution in [0.15, 0.2) is 12.1 Å². The number of rotatable bonds is 10. The van der Waals surface area contributed by atoms with Gasteiger partial charge in [0, 0.05) is 26.1 Å². The second-order valence-corrected chi connectivity index (χ2v) is 7.57. The maximum Gasteiger partial charge on any atom is 0.306 e. The van der Waals surface area contributed by atoms with Crippen LogP contribution in [0.5, 0.6) is 0 Å². The number of nitrogens with zero attached hydrogens (tertiary/aromatic N) is 1. The normalized spacial score (nSPS) is 12.5. The molecule has 0 fully saturated rings. The lowest BCUT2D eigenvalue weighted by Crippen LogP contribution is -2.32. The van der Waals surface area contributed by atoms with E-state index >= 15 is 4.39 Å². The number of hydrogen-bond acceptors (Lipinski definition) is 5. The average molecular weight is 368 g/mol. The Morgan fingerprint density at radius 3 is 2.15 bits per heavy atom. The van der Waals surface area contributed by atoms with Crippen LogP contribution in [0.3, 0.4) is 0 Å². The molecule has 0 bridgehead atoms. The smallest absolute Gasteiger partial charge is 0.306 e. The molecule has 1 aromatic carbocycles. The summed E-state index contributed by atoms with van der Waals surface area (Å²) in [7, 11) is 2.88. The van der Waals surface area contributed by atoms with E-state index in [9.17, 15) is 4.79 Å². The van der Waals surface area contributed by atoms with E-state index in [0.29, 0.717) is 28.8 Å². The Labute approximate surface area is 156 Å². The van der Waals surface area contributed by atoms with Crippen molar-refractivity contribution in [2.45, 2.75) is 40.0 Å². The van der Waals surface area contributed by atoms with Crippen LogP contribution < -0.4 is 10.6 Å². The quantitative estimate of drug-likeness (QED) is 0.502. The highest BCUT2D eigenvalue weighted by Gasteiger charge is 2.23. The summed E-state index contributed by atoms with van der Waals surface area (Å²) < 4.78 is 24.9. The number of nitrogens with two attached hydrogens (primary N) is 1. The third kappa shape index (κ3) is 6.48. The van der Waals surface area contributed by atoms with Gasteiger partial charge in [-0.2, -0.15) is 0 Å². The Balaban J connectivity index is 3.23. The van der Waals surface area contributed by atoms with Crippen LogP contribution in [0.2, 0.25) is 0 Å². The molecule has 0 saturated carbocycles. The van der Waals surface area contributed by atoms with E-state index in [-0.39, 0.29) is 30.7 Å². The van der Waals surface area contributed by atoms with Crippen molar-refractivity contribution in [3.8, 4) is 0 Å². The largest absolute Gasteiger partial charge is 0.469 e. The first-order chi connectivity index (χ1) is 12.2. The topological polar surface area (TPSA) is 64.8 Å². The van der Waals surface area contributed by atoms with Crippen molar-refractivity contribution >= 4 is 17.3 Å². The first-order valence-corrected chi connectivity index (χ1v) is 9.09. The molecular weight excluding hydrogens is 335 g/mol. The molecule has 0 aliphatic heterocycles. The summed E-state index contributed by atoms with van der Waals surface area (Å²) in [5, 5.41) is 0. The fourth-order valence-corrected chi connectivity index (χ4v) is 3.11. The van der Waals surface area contributed by atoms with Gasteiger partial charge in [0.05, 0.1) is 31.5 Å². The van der Waals surface area contributed by atoms with Crippen molar-refractivity contribution in [1.29, 1.82) is 0 Å². The second-order valence-electron chi connectivity index (χ2n) is 7.57. The number of halogens is 1. The third-order valence-corrected chi connectivity index (χ3v) is 4.08. The SMILES string of the molecule is COCC(CC(=O)OC)c1cc(N)c(N(CC(C)C)CC(C)C)c(F)c1. The van der Waals surface area contributed by atoms with Gasteiger partial charge in [0.1, 0.15) is 5.82 Å². The molecule has 26 heavy (non-hydrogen) atoms. The van der Waals surface area contributed by atoms with Crippen LogP contribution in [-0.4, -0.2) is 39.9 Å². The van der Waals surface area contributed by atoms with Crippen molar-refractivity contribution in [3.05, 3.63) is 23.5 Å². The zero-order valence-corrected chi connectivity index (χ0v) is 16.8. The van der Waals surface area contributed by atoms with Crippen molar-refractivity contribution in [2.75, 3.05) is 44.5 Å². The summed E-state index contributed by atoms with van der Waals surface area (Å²) in [4.78, 5) is 13.7. The highest BCUT2D eigenvalue weighted by atomic mass is 19.1. The molecule has 1 unspecified atom stereocenters. The lowest BCUT2D eigenvalue weighted by Gasteiger charge is -2.30. The average Bonchev–Trinajstić information content (AvgIpc) is 2.52.